The number of rotatable bonds is 7. The van der Waals surface area contributed by atoms with Gasteiger partial charge in [0.1, 0.15) is 0 Å². The van der Waals surface area contributed by atoms with Crippen molar-refractivity contribution in [3.8, 4) is 0 Å². The van der Waals surface area contributed by atoms with Gasteiger partial charge < -0.3 is 20.1 Å². The van der Waals surface area contributed by atoms with E-state index in [9.17, 15) is 5.11 Å². The van der Waals surface area contributed by atoms with E-state index in [1.807, 2.05) is 6.92 Å². The average molecular weight is 278 g/mol. The van der Waals surface area contributed by atoms with Crippen molar-refractivity contribution in [3.05, 3.63) is 29.8 Å². The number of ether oxygens (including phenoxy) is 1. The third-order valence-electron chi connectivity index (χ3n) is 3.74. The topological polar surface area (TPSA) is 44.7 Å². The second-order valence-electron chi connectivity index (χ2n) is 5.22. The zero-order chi connectivity index (χ0) is 14.4. The fourth-order valence-electron chi connectivity index (χ4n) is 2.84. The highest BCUT2D eigenvalue weighted by molar-refractivity contribution is 5.57. The molecule has 0 saturated heterocycles. The quantitative estimate of drug-likeness (QED) is 0.800. The van der Waals surface area contributed by atoms with Gasteiger partial charge in [-0.2, -0.15) is 0 Å². The molecule has 1 heterocycles. The maximum atomic E-state index is 10.0. The fraction of sp³-hybridized carbons (Fsp3) is 0.625. The van der Waals surface area contributed by atoms with Gasteiger partial charge in [0, 0.05) is 31.4 Å². The molecule has 0 saturated carbocycles. The molecule has 1 aromatic carbocycles. The normalized spacial score (nSPS) is 19.8. The van der Waals surface area contributed by atoms with Crippen LogP contribution in [0.25, 0.3) is 0 Å². The molecule has 1 aromatic rings. The lowest BCUT2D eigenvalue weighted by atomic mass is 9.96. The molecule has 112 valence electrons. The van der Waals surface area contributed by atoms with Crippen LogP contribution < -0.4 is 10.2 Å². The van der Waals surface area contributed by atoms with Crippen LogP contribution in [0.15, 0.2) is 24.3 Å². The molecule has 2 atom stereocenters. The first-order valence-corrected chi connectivity index (χ1v) is 7.59. The molecule has 20 heavy (non-hydrogen) atoms. The van der Waals surface area contributed by atoms with Crippen molar-refractivity contribution < 1.29 is 9.84 Å². The van der Waals surface area contributed by atoms with E-state index < -0.39 is 6.10 Å². The molecule has 0 aromatic heterocycles. The number of nitrogens with zero attached hydrogens (tertiary/aromatic N) is 1. The number of β-amino-alcohol motifs (C(OH)–C–C–N with tert-alkyl or cyclic N) is 1. The second kappa shape index (κ2) is 7.62. The minimum Gasteiger partial charge on any atom is -0.389 e. The SMILES string of the molecule is CCNC1CCN(CC(O)COCC)c2ccccc21. The summed E-state index contributed by atoms with van der Waals surface area (Å²) in [4.78, 5) is 2.27. The molecule has 2 rings (SSSR count). The summed E-state index contributed by atoms with van der Waals surface area (Å²) in [6.45, 7) is 7.73. The van der Waals surface area contributed by atoms with Crippen LogP contribution >= 0.6 is 0 Å². The van der Waals surface area contributed by atoms with E-state index in [4.69, 9.17) is 4.74 Å². The number of aliphatic hydroxyl groups excluding tert-OH is 1. The predicted octanol–water partition coefficient (Wildman–Crippen LogP) is 1.94. The molecule has 0 aliphatic carbocycles. The maximum absolute atomic E-state index is 10.0. The second-order valence-corrected chi connectivity index (χ2v) is 5.22. The maximum Gasteiger partial charge on any atom is 0.0947 e. The highest BCUT2D eigenvalue weighted by Gasteiger charge is 2.25. The van der Waals surface area contributed by atoms with E-state index in [0.29, 0.717) is 25.8 Å². The van der Waals surface area contributed by atoms with Crippen LogP contribution in [0.2, 0.25) is 0 Å². The number of nitrogens with one attached hydrogen (secondary N) is 1. The summed E-state index contributed by atoms with van der Waals surface area (Å²) in [7, 11) is 0. The summed E-state index contributed by atoms with van der Waals surface area (Å²) in [5, 5.41) is 13.6. The molecule has 1 aliphatic rings. The van der Waals surface area contributed by atoms with Crippen LogP contribution in [0.5, 0.6) is 0 Å². The van der Waals surface area contributed by atoms with Gasteiger partial charge in [0.15, 0.2) is 0 Å². The Morgan fingerprint density at radius 2 is 2.20 bits per heavy atom. The molecular weight excluding hydrogens is 252 g/mol. The van der Waals surface area contributed by atoms with E-state index in [1.165, 1.54) is 11.3 Å². The molecule has 0 spiro atoms. The predicted molar refractivity (Wildman–Crippen MR) is 82.2 cm³/mol. The van der Waals surface area contributed by atoms with Crippen LogP contribution in [0.4, 0.5) is 5.69 Å². The first-order chi connectivity index (χ1) is 9.76. The van der Waals surface area contributed by atoms with Crippen LogP contribution in [0.1, 0.15) is 31.9 Å². The van der Waals surface area contributed by atoms with Crippen LogP contribution in [0, 0.1) is 0 Å². The Labute approximate surface area is 121 Å². The Bertz CT molecular complexity index is 411. The Morgan fingerprint density at radius 1 is 1.40 bits per heavy atom. The molecule has 4 nitrogen and oxygen atoms in total. The third-order valence-corrected chi connectivity index (χ3v) is 3.74. The first kappa shape index (κ1) is 15.3. The summed E-state index contributed by atoms with van der Waals surface area (Å²) < 4.78 is 5.30. The molecule has 0 amide bonds. The highest BCUT2D eigenvalue weighted by Crippen LogP contribution is 2.33. The molecule has 0 radical (unpaired) electrons. The first-order valence-electron chi connectivity index (χ1n) is 7.59. The zero-order valence-corrected chi connectivity index (χ0v) is 12.5. The van der Waals surface area contributed by atoms with Crippen LogP contribution in [0.3, 0.4) is 0 Å². The Hall–Kier alpha value is -1.10. The molecule has 1 aliphatic heterocycles. The lowest BCUT2D eigenvalue weighted by Gasteiger charge is -2.37. The van der Waals surface area contributed by atoms with Crippen LogP contribution in [-0.2, 0) is 4.74 Å². The third kappa shape index (κ3) is 3.72. The van der Waals surface area contributed by atoms with E-state index in [-0.39, 0.29) is 0 Å². The Balaban J connectivity index is 2.06. The van der Waals surface area contributed by atoms with Crippen molar-refractivity contribution in [1.82, 2.24) is 5.32 Å². The smallest absolute Gasteiger partial charge is 0.0947 e. The van der Waals surface area contributed by atoms with Crippen molar-refractivity contribution in [2.75, 3.05) is 37.7 Å². The summed E-state index contributed by atoms with van der Waals surface area (Å²) in [5.41, 5.74) is 2.57. The van der Waals surface area contributed by atoms with Crippen LogP contribution in [-0.4, -0.2) is 44.1 Å². The van der Waals surface area contributed by atoms with Gasteiger partial charge in [-0.05, 0) is 31.5 Å². The number of aliphatic hydroxyl groups is 1. The highest BCUT2D eigenvalue weighted by atomic mass is 16.5. The minimum atomic E-state index is -0.432. The van der Waals surface area contributed by atoms with E-state index in [2.05, 4.69) is 41.4 Å². The van der Waals surface area contributed by atoms with Gasteiger partial charge in [0.25, 0.3) is 0 Å². The van der Waals surface area contributed by atoms with Gasteiger partial charge in [0.05, 0.1) is 12.7 Å². The lowest BCUT2D eigenvalue weighted by molar-refractivity contribution is 0.0461. The Morgan fingerprint density at radius 3 is 2.95 bits per heavy atom. The molecular formula is C16H26N2O2. The van der Waals surface area contributed by atoms with Crippen molar-refractivity contribution in [1.29, 1.82) is 0 Å². The number of fused-ring (bicyclic) bond motifs is 1. The zero-order valence-electron chi connectivity index (χ0n) is 12.5. The number of para-hydroxylation sites is 1. The van der Waals surface area contributed by atoms with E-state index >= 15 is 0 Å². The standard InChI is InChI=1S/C16H26N2O2/c1-3-17-15-9-10-18(11-13(19)12-20-4-2)16-8-6-5-7-14(15)16/h5-8,13,15,17,19H,3-4,9-12H2,1-2H3. The van der Waals surface area contributed by atoms with Crippen molar-refractivity contribution in [2.45, 2.75) is 32.4 Å². The van der Waals surface area contributed by atoms with Gasteiger partial charge in [-0.25, -0.2) is 0 Å². The summed E-state index contributed by atoms with van der Waals surface area (Å²) >= 11 is 0. The summed E-state index contributed by atoms with van der Waals surface area (Å²) in [5.74, 6) is 0. The summed E-state index contributed by atoms with van der Waals surface area (Å²) in [6.07, 6.45) is 0.644. The number of hydrogen-bond acceptors (Lipinski definition) is 4. The number of hydrogen-bond donors (Lipinski definition) is 2. The largest absolute Gasteiger partial charge is 0.389 e. The van der Waals surface area contributed by atoms with E-state index in [1.54, 1.807) is 0 Å². The minimum absolute atomic E-state index is 0.409. The molecule has 2 N–H and O–H groups in total. The van der Waals surface area contributed by atoms with Crippen molar-refractivity contribution in [3.63, 3.8) is 0 Å². The lowest BCUT2D eigenvalue weighted by Crippen LogP contribution is -2.41. The van der Waals surface area contributed by atoms with Gasteiger partial charge in [-0.3, -0.25) is 0 Å². The van der Waals surface area contributed by atoms with E-state index in [0.717, 1.165) is 19.5 Å². The van der Waals surface area contributed by atoms with Gasteiger partial charge in [-0.15, -0.1) is 0 Å². The Kier molecular flexibility index (Phi) is 5.83. The van der Waals surface area contributed by atoms with Gasteiger partial charge in [0.2, 0.25) is 0 Å². The molecule has 4 heteroatoms. The van der Waals surface area contributed by atoms with Crippen molar-refractivity contribution >= 4 is 5.69 Å². The molecule has 0 bridgehead atoms. The monoisotopic (exact) mass is 278 g/mol. The van der Waals surface area contributed by atoms with Gasteiger partial charge >= 0.3 is 0 Å². The number of anilines is 1. The molecule has 0 fully saturated rings. The van der Waals surface area contributed by atoms with Crippen molar-refractivity contribution in [2.24, 2.45) is 0 Å². The summed E-state index contributed by atoms with van der Waals surface area (Å²) in [6, 6.07) is 8.91. The fourth-order valence-corrected chi connectivity index (χ4v) is 2.84. The number of benzene rings is 1. The van der Waals surface area contributed by atoms with Gasteiger partial charge in [-0.1, -0.05) is 25.1 Å². The average Bonchev–Trinajstić information content (AvgIpc) is 2.48. The molecule has 2 unspecified atom stereocenters.